The number of para-hydroxylation sites is 1. The van der Waals surface area contributed by atoms with E-state index >= 15 is 0 Å². The van der Waals surface area contributed by atoms with Crippen molar-refractivity contribution >= 4 is 17.1 Å². The molecule has 0 N–H and O–H groups in total. The summed E-state index contributed by atoms with van der Waals surface area (Å²) in [5, 5.41) is 0. The molecule has 1 aliphatic carbocycles. The van der Waals surface area contributed by atoms with E-state index < -0.39 is 0 Å². The topological polar surface area (TPSA) is 16.1 Å². The Kier molecular flexibility index (Phi) is 2.67. The predicted octanol–water partition coefficient (Wildman–Crippen LogP) is 5.93. The maximum Gasteiger partial charge on any atom is 0.0688 e. The van der Waals surface area contributed by atoms with Crippen LogP contribution in [0.15, 0.2) is 72.9 Å². The summed E-state index contributed by atoms with van der Waals surface area (Å²) in [5.74, 6) is 0. The molecule has 28 heavy (non-hydrogen) atoms. The molecule has 1 aromatic heterocycles. The summed E-state index contributed by atoms with van der Waals surface area (Å²) >= 11 is 0. The fraction of sp³-hybridized carbons (Fsp3) is 0.115. The van der Waals surface area contributed by atoms with Gasteiger partial charge in [-0.05, 0) is 69.6 Å². The summed E-state index contributed by atoms with van der Waals surface area (Å²) in [6.45, 7) is 0. The molecule has 0 atom stereocenters. The van der Waals surface area contributed by atoms with Gasteiger partial charge in [0.2, 0.25) is 0 Å². The number of aromatic nitrogens is 1. The molecule has 7 rings (SSSR count). The largest absolute Gasteiger partial charge is 0.308 e. The summed E-state index contributed by atoms with van der Waals surface area (Å²) < 4.78 is 0. The second-order valence-electron chi connectivity index (χ2n) is 8.01. The maximum absolute atomic E-state index is 4.78. The van der Waals surface area contributed by atoms with E-state index in [9.17, 15) is 0 Å². The minimum atomic E-state index is 0.925. The number of nitrogens with zero attached hydrogens (tertiary/aromatic N) is 2. The van der Waals surface area contributed by atoms with Gasteiger partial charge in [0.25, 0.3) is 0 Å². The Balaban J connectivity index is 1.58. The number of rotatable bonds is 0. The zero-order chi connectivity index (χ0) is 18.2. The molecule has 0 bridgehead atoms. The van der Waals surface area contributed by atoms with E-state index in [1.54, 1.807) is 0 Å². The fourth-order valence-corrected chi connectivity index (χ4v) is 5.39. The van der Waals surface area contributed by atoms with Crippen molar-refractivity contribution in [1.29, 1.82) is 0 Å². The van der Waals surface area contributed by atoms with Crippen LogP contribution in [-0.2, 0) is 19.3 Å². The Labute approximate surface area is 164 Å². The third-order valence-corrected chi connectivity index (χ3v) is 6.56. The number of fused-ring (bicyclic) bond motifs is 8. The second-order valence-corrected chi connectivity index (χ2v) is 8.01. The summed E-state index contributed by atoms with van der Waals surface area (Å²) in [4.78, 5) is 7.25. The minimum Gasteiger partial charge on any atom is -0.308 e. The highest BCUT2D eigenvalue weighted by Gasteiger charge is 2.35. The molecule has 0 spiro atoms. The molecule has 0 radical (unpaired) electrons. The lowest BCUT2D eigenvalue weighted by molar-refractivity contribution is 0.956. The monoisotopic (exact) mass is 358 g/mol. The molecule has 4 aromatic rings. The van der Waals surface area contributed by atoms with Gasteiger partial charge < -0.3 is 4.90 Å². The lowest BCUT2D eigenvalue weighted by atomic mass is 9.83. The standard InChI is InChI=1S/C26H18N2/c1-3-8-19-16(6-1)13-21-20(19)14-18-12-17-7-2-4-9-24(17)28-25-10-5-11-27-23(25)15-22(21)26(18)28/h1-11,14H,12-13,15H2. The van der Waals surface area contributed by atoms with Crippen molar-refractivity contribution in [2.45, 2.75) is 19.3 Å². The normalized spacial score (nSPS) is 14.6. The van der Waals surface area contributed by atoms with E-state index in [1.165, 1.54) is 61.7 Å². The molecule has 132 valence electrons. The molecular weight excluding hydrogens is 340 g/mol. The highest BCUT2D eigenvalue weighted by molar-refractivity contribution is 5.93. The van der Waals surface area contributed by atoms with Crippen LogP contribution in [0.2, 0.25) is 0 Å². The highest BCUT2D eigenvalue weighted by Crippen LogP contribution is 2.54. The van der Waals surface area contributed by atoms with Crippen molar-refractivity contribution in [1.82, 2.24) is 4.98 Å². The van der Waals surface area contributed by atoms with Crippen molar-refractivity contribution in [3.63, 3.8) is 0 Å². The molecule has 0 saturated carbocycles. The summed E-state index contributed by atoms with van der Waals surface area (Å²) in [7, 11) is 0. The van der Waals surface area contributed by atoms with Crippen molar-refractivity contribution in [3.05, 3.63) is 106 Å². The highest BCUT2D eigenvalue weighted by atomic mass is 15.2. The van der Waals surface area contributed by atoms with E-state index in [4.69, 9.17) is 4.98 Å². The van der Waals surface area contributed by atoms with Crippen LogP contribution in [0.3, 0.4) is 0 Å². The van der Waals surface area contributed by atoms with Crippen molar-refractivity contribution in [3.8, 4) is 11.1 Å². The van der Waals surface area contributed by atoms with Gasteiger partial charge in [0.15, 0.2) is 0 Å². The van der Waals surface area contributed by atoms with Gasteiger partial charge in [-0.25, -0.2) is 0 Å². The number of anilines is 3. The first kappa shape index (κ1) is 14.6. The predicted molar refractivity (Wildman–Crippen MR) is 113 cm³/mol. The van der Waals surface area contributed by atoms with E-state index in [2.05, 4.69) is 71.6 Å². The number of benzene rings is 3. The maximum atomic E-state index is 4.78. The molecule has 3 aromatic carbocycles. The molecule has 2 heteroatoms. The Hall–Kier alpha value is -3.39. The fourth-order valence-electron chi connectivity index (χ4n) is 5.39. The summed E-state index contributed by atoms with van der Waals surface area (Å²) in [5.41, 5.74) is 15.2. The van der Waals surface area contributed by atoms with Crippen molar-refractivity contribution in [2.24, 2.45) is 0 Å². The molecule has 2 aliphatic heterocycles. The van der Waals surface area contributed by atoms with Gasteiger partial charge in [0.1, 0.15) is 0 Å². The number of hydrogen-bond acceptors (Lipinski definition) is 2. The SMILES string of the molecule is c1ccc2c(c1)Cc1c-2cc2c3c1Cc1ncccc1N3c1ccccc1C2. The molecule has 0 unspecified atom stereocenters. The van der Waals surface area contributed by atoms with E-state index in [1.807, 2.05) is 6.20 Å². The molecule has 0 saturated heterocycles. The average Bonchev–Trinajstić information content (AvgIpc) is 3.12. The van der Waals surface area contributed by atoms with Crippen molar-refractivity contribution in [2.75, 3.05) is 4.90 Å². The number of pyridine rings is 1. The van der Waals surface area contributed by atoms with Crippen LogP contribution in [-0.4, -0.2) is 4.98 Å². The Morgan fingerprint density at radius 2 is 1.46 bits per heavy atom. The first-order valence-electron chi connectivity index (χ1n) is 9.96. The summed E-state index contributed by atoms with van der Waals surface area (Å²) in [6.07, 6.45) is 4.89. The van der Waals surface area contributed by atoms with E-state index in [-0.39, 0.29) is 0 Å². The molecule has 0 fully saturated rings. The Bertz CT molecular complexity index is 1290. The Morgan fingerprint density at radius 1 is 0.643 bits per heavy atom. The van der Waals surface area contributed by atoms with Crippen molar-refractivity contribution < 1.29 is 0 Å². The number of hydrogen-bond donors (Lipinski definition) is 0. The van der Waals surface area contributed by atoms with E-state index in [0.717, 1.165) is 19.3 Å². The summed E-state index contributed by atoms with van der Waals surface area (Å²) in [6, 6.07) is 24.5. The van der Waals surface area contributed by atoms with Gasteiger partial charge in [0, 0.05) is 24.7 Å². The first-order chi connectivity index (χ1) is 13.9. The Morgan fingerprint density at radius 3 is 2.43 bits per heavy atom. The van der Waals surface area contributed by atoms with E-state index in [0.29, 0.717) is 0 Å². The lowest BCUT2D eigenvalue weighted by Gasteiger charge is -2.39. The van der Waals surface area contributed by atoms with Gasteiger partial charge >= 0.3 is 0 Å². The van der Waals surface area contributed by atoms with Crippen LogP contribution in [0.5, 0.6) is 0 Å². The zero-order valence-electron chi connectivity index (χ0n) is 15.4. The molecule has 3 aliphatic rings. The van der Waals surface area contributed by atoms with Crippen LogP contribution in [0.4, 0.5) is 17.1 Å². The lowest BCUT2D eigenvalue weighted by Crippen LogP contribution is -2.26. The zero-order valence-corrected chi connectivity index (χ0v) is 15.4. The van der Waals surface area contributed by atoms with Crippen LogP contribution < -0.4 is 4.90 Å². The van der Waals surface area contributed by atoms with Gasteiger partial charge in [-0.3, -0.25) is 4.98 Å². The molecule has 0 amide bonds. The van der Waals surface area contributed by atoms with Crippen LogP contribution in [0, 0.1) is 0 Å². The van der Waals surface area contributed by atoms with Gasteiger partial charge in [0.05, 0.1) is 17.1 Å². The average molecular weight is 358 g/mol. The molecule has 2 nitrogen and oxygen atoms in total. The van der Waals surface area contributed by atoms with Crippen LogP contribution >= 0.6 is 0 Å². The van der Waals surface area contributed by atoms with Crippen LogP contribution in [0.1, 0.15) is 33.5 Å². The van der Waals surface area contributed by atoms with Gasteiger partial charge in [-0.1, -0.05) is 42.5 Å². The first-order valence-corrected chi connectivity index (χ1v) is 9.96. The van der Waals surface area contributed by atoms with Gasteiger partial charge in [-0.2, -0.15) is 0 Å². The molecule has 3 heterocycles. The third kappa shape index (κ3) is 1.75. The van der Waals surface area contributed by atoms with Gasteiger partial charge in [-0.15, -0.1) is 0 Å². The minimum absolute atomic E-state index is 0.925. The molecular formula is C26H18N2. The second kappa shape index (κ2) is 5.11. The smallest absolute Gasteiger partial charge is 0.0688 e. The quantitative estimate of drug-likeness (QED) is 0.334. The van der Waals surface area contributed by atoms with Crippen LogP contribution in [0.25, 0.3) is 11.1 Å². The third-order valence-electron chi connectivity index (χ3n) is 6.56.